The number of aliphatic hydroxyl groups excluding tert-OH is 1. The molecule has 1 aliphatic carbocycles. The van der Waals surface area contributed by atoms with E-state index >= 15 is 0 Å². The molecule has 2 aromatic carbocycles. The minimum absolute atomic E-state index is 0.131. The Kier molecular flexibility index (Phi) is 7.23. The van der Waals surface area contributed by atoms with E-state index in [1.165, 1.54) is 28.3 Å². The van der Waals surface area contributed by atoms with Crippen LogP contribution in [0, 0.1) is 0 Å². The van der Waals surface area contributed by atoms with Crippen LogP contribution >= 0.6 is 0 Å². The lowest BCUT2D eigenvalue weighted by Crippen LogP contribution is -2.34. The van der Waals surface area contributed by atoms with Gasteiger partial charge in [-0.05, 0) is 91.6 Å². The zero-order valence-corrected chi connectivity index (χ0v) is 20.8. The molecule has 1 aromatic heterocycles. The third-order valence-electron chi connectivity index (χ3n) is 7.65. The van der Waals surface area contributed by atoms with E-state index in [9.17, 15) is 9.90 Å². The third kappa shape index (κ3) is 5.15. The smallest absolute Gasteiger partial charge is 0.248 e. The summed E-state index contributed by atoms with van der Waals surface area (Å²) in [5, 5.41) is 18.9. The number of rotatable bonds is 8. The van der Waals surface area contributed by atoms with Crippen molar-refractivity contribution in [1.29, 1.82) is 0 Å². The van der Waals surface area contributed by atoms with Gasteiger partial charge in [-0.15, -0.1) is 0 Å². The second kappa shape index (κ2) is 10.5. The highest BCUT2D eigenvalue weighted by Crippen LogP contribution is 2.32. The molecule has 1 unspecified atom stereocenters. The van der Waals surface area contributed by atoms with Crippen LogP contribution in [0.1, 0.15) is 60.6 Å². The summed E-state index contributed by atoms with van der Waals surface area (Å²) in [4.78, 5) is 15.1. The van der Waals surface area contributed by atoms with Gasteiger partial charge in [-0.3, -0.25) is 4.79 Å². The van der Waals surface area contributed by atoms with Crippen molar-refractivity contribution in [3.63, 3.8) is 0 Å². The fourth-order valence-electron chi connectivity index (χ4n) is 5.70. The topological polar surface area (TPSA) is 86.4 Å². The van der Waals surface area contributed by atoms with Gasteiger partial charge in [-0.1, -0.05) is 32.0 Å². The molecule has 2 heterocycles. The SMILES string of the molecule is CCc1cc2c(cc1CC)CC(NCC(O)c1ccc(OC3CCNCC3)c3[nH]c(=O)ccc13)C2. The average Bonchev–Trinajstić information content (AvgIpc) is 3.29. The number of hydrogen-bond donors (Lipinski definition) is 4. The van der Waals surface area contributed by atoms with Crippen molar-refractivity contribution in [3.05, 3.63) is 74.6 Å². The third-order valence-corrected chi connectivity index (χ3v) is 7.65. The first kappa shape index (κ1) is 24.0. The van der Waals surface area contributed by atoms with Crippen LogP contribution in [0.2, 0.25) is 0 Å². The molecular formula is C29H37N3O3. The van der Waals surface area contributed by atoms with Crippen LogP contribution in [0.5, 0.6) is 5.75 Å². The molecule has 0 amide bonds. The maximum Gasteiger partial charge on any atom is 0.248 e. The Labute approximate surface area is 207 Å². The number of pyridine rings is 1. The molecule has 1 aliphatic heterocycles. The highest BCUT2D eigenvalue weighted by atomic mass is 16.5. The van der Waals surface area contributed by atoms with Gasteiger partial charge in [0.15, 0.2) is 0 Å². The number of benzene rings is 2. The number of aliphatic hydroxyl groups is 1. The molecule has 6 heteroatoms. The number of ether oxygens (including phenoxy) is 1. The molecule has 0 spiro atoms. The Hall–Kier alpha value is -2.67. The molecule has 186 valence electrons. The molecule has 1 fully saturated rings. The van der Waals surface area contributed by atoms with Gasteiger partial charge < -0.3 is 25.5 Å². The summed E-state index contributed by atoms with van der Waals surface area (Å²) in [6.07, 6.45) is 5.46. The highest BCUT2D eigenvalue weighted by Gasteiger charge is 2.24. The van der Waals surface area contributed by atoms with Gasteiger partial charge in [0.1, 0.15) is 11.9 Å². The molecule has 0 saturated carbocycles. The van der Waals surface area contributed by atoms with Crippen LogP contribution < -0.4 is 20.9 Å². The maximum absolute atomic E-state index is 12.1. The fourth-order valence-corrected chi connectivity index (χ4v) is 5.70. The van der Waals surface area contributed by atoms with Gasteiger partial charge in [-0.25, -0.2) is 0 Å². The average molecular weight is 476 g/mol. The van der Waals surface area contributed by atoms with Gasteiger partial charge in [-0.2, -0.15) is 0 Å². The largest absolute Gasteiger partial charge is 0.488 e. The standard InChI is InChI=1S/C29H37N3O3/c1-3-18-13-20-15-22(16-21(20)14-19(18)4-2)31-17-26(33)24-5-7-27(35-23-9-11-30-12-10-23)29-25(24)6-8-28(34)32-29/h5-8,13-14,22-23,26,30-31,33H,3-4,9-12,15-17H2,1-2H3,(H,32,34). The van der Waals surface area contributed by atoms with Gasteiger partial charge in [0.2, 0.25) is 5.56 Å². The van der Waals surface area contributed by atoms with Crippen LogP contribution in [-0.4, -0.2) is 41.9 Å². The van der Waals surface area contributed by atoms with Crippen LogP contribution in [0.4, 0.5) is 0 Å². The molecule has 0 radical (unpaired) electrons. The van der Waals surface area contributed by atoms with Gasteiger partial charge in [0.05, 0.1) is 11.6 Å². The first-order chi connectivity index (χ1) is 17.1. The monoisotopic (exact) mass is 475 g/mol. The van der Waals surface area contributed by atoms with E-state index in [1.54, 1.807) is 6.07 Å². The lowest BCUT2D eigenvalue weighted by molar-refractivity contribution is 0.163. The van der Waals surface area contributed by atoms with Gasteiger partial charge in [0, 0.05) is 24.0 Å². The van der Waals surface area contributed by atoms with Crippen LogP contribution in [0.3, 0.4) is 0 Å². The number of hydrogen-bond acceptors (Lipinski definition) is 5. The lowest BCUT2D eigenvalue weighted by Gasteiger charge is -2.25. The van der Waals surface area contributed by atoms with Crippen molar-refractivity contribution in [1.82, 2.24) is 15.6 Å². The first-order valence-electron chi connectivity index (χ1n) is 13.1. The Bertz CT molecular complexity index is 1210. The number of nitrogens with one attached hydrogen (secondary N) is 3. The summed E-state index contributed by atoms with van der Waals surface area (Å²) in [6.45, 7) is 6.78. The Morgan fingerprint density at radius 1 is 1.03 bits per heavy atom. The summed E-state index contributed by atoms with van der Waals surface area (Å²) >= 11 is 0. The maximum atomic E-state index is 12.1. The first-order valence-corrected chi connectivity index (χ1v) is 13.1. The predicted octanol–water partition coefficient (Wildman–Crippen LogP) is 3.57. The van der Waals surface area contributed by atoms with Crippen molar-refractivity contribution in [2.45, 2.75) is 70.6 Å². The minimum atomic E-state index is -0.683. The molecule has 1 atom stereocenters. The van der Waals surface area contributed by atoms with E-state index in [2.05, 4.69) is 41.6 Å². The minimum Gasteiger partial charge on any atom is -0.488 e. The second-order valence-corrected chi connectivity index (χ2v) is 9.96. The summed E-state index contributed by atoms with van der Waals surface area (Å²) in [5.74, 6) is 0.679. The molecule has 4 N–H and O–H groups in total. The van der Waals surface area contributed by atoms with E-state index in [0.717, 1.165) is 62.6 Å². The normalized spacial score (nSPS) is 17.6. The van der Waals surface area contributed by atoms with Crippen molar-refractivity contribution in [2.24, 2.45) is 0 Å². The highest BCUT2D eigenvalue weighted by molar-refractivity contribution is 5.87. The Morgan fingerprint density at radius 3 is 2.37 bits per heavy atom. The molecule has 0 bridgehead atoms. The summed E-state index contributed by atoms with van der Waals surface area (Å²) in [7, 11) is 0. The quantitative estimate of drug-likeness (QED) is 0.400. The number of H-pyrrole nitrogens is 1. The van der Waals surface area contributed by atoms with Crippen LogP contribution in [-0.2, 0) is 25.7 Å². The molecule has 35 heavy (non-hydrogen) atoms. The summed E-state index contributed by atoms with van der Waals surface area (Å²) in [6, 6.07) is 12.2. The van der Waals surface area contributed by atoms with E-state index in [4.69, 9.17) is 4.74 Å². The van der Waals surface area contributed by atoms with Crippen molar-refractivity contribution < 1.29 is 9.84 Å². The van der Waals surface area contributed by atoms with Crippen molar-refractivity contribution >= 4 is 10.9 Å². The molecule has 2 aliphatic rings. The number of aromatic amines is 1. The molecule has 5 rings (SSSR count). The van der Waals surface area contributed by atoms with E-state index < -0.39 is 6.10 Å². The molecular weight excluding hydrogens is 438 g/mol. The molecule has 6 nitrogen and oxygen atoms in total. The zero-order chi connectivity index (χ0) is 24.4. The Balaban J connectivity index is 1.30. The molecule has 3 aromatic rings. The van der Waals surface area contributed by atoms with Crippen LogP contribution in [0.15, 0.2) is 41.2 Å². The Morgan fingerprint density at radius 2 is 1.71 bits per heavy atom. The number of aromatic nitrogens is 1. The number of piperidine rings is 1. The van der Waals surface area contributed by atoms with E-state index in [-0.39, 0.29) is 11.7 Å². The van der Waals surface area contributed by atoms with Crippen molar-refractivity contribution in [3.8, 4) is 5.75 Å². The molecule has 1 saturated heterocycles. The number of aryl methyl sites for hydroxylation is 2. The number of fused-ring (bicyclic) bond motifs is 2. The summed E-state index contributed by atoms with van der Waals surface area (Å²) in [5.41, 5.74) is 7.10. The van der Waals surface area contributed by atoms with E-state index in [0.29, 0.717) is 23.9 Å². The van der Waals surface area contributed by atoms with Gasteiger partial charge >= 0.3 is 0 Å². The summed E-state index contributed by atoms with van der Waals surface area (Å²) < 4.78 is 6.27. The van der Waals surface area contributed by atoms with Gasteiger partial charge in [0.25, 0.3) is 0 Å². The zero-order valence-electron chi connectivity index (χ0n) is 20.8. The van der Waals surface area contributed by atoms with E-state index in [1.807, 2.05) is 12.1 Å². The van der Waals surface area contributed by atoms with Crippen molar-refractivity contribution in [2.75, 3.05) is 19.6 Å². The second-order valence-electron chi connectivity index (χ2n) is 9.96. The van der Waals surface area contributed by atoms with Crippen LogP contribution in [0.25, 0.3) is 10.9 Å². The fraction of sp³-hybridized carbons (Fsp3) is 0.483. The lowest BCUT2D eigenvalue weighted by atomic mass is 9.97. The predicted molar refractivity (Wildman–Crippen MR) is 140 cm³/mol.